The van der Waals surface area contributed by atoms with Gasteiger partial charge in [-0.3, -0.25) is 4.79 Å². The SMILES string of the molecule is C[C@H](NC(=O)CSc1nn(-c2ccc(F)cc2)c(=S)s1)c1ccc(Cl)cc1. The third-order valence-electron chi connectivity index (χ3n) is 3.67. The van der Waals surface area contributed by atoms with Crippen LogP contribution in [0.4, 0.5) is 4.39 Å². The van der Waals surface area contributed by atoms with Crippen molar-refractivity contribution in [2.24, 2.45) is 0 Å². The first-order valence-corrected chi connectivity index (χ1v) is 10.5. The summed E-state index contributed by atoms with van der Waals surface area (Å²) in [6.07, 6.45) is 0. The van der Waals surface area contributed by atoms with Crippen molar-refractivity contribution in [3.05, 3.63) is 68.9 Å². The van der Waals surface area contributed by atoms with E-state index in [1.165, 1.54) is 35.2 Å². The number of nitrogens with zero attached hydrogens (tertiary/aromatic N) is 2. The maximum Gasteiger partial charge on any atom is 0.230 e. The highest BCUT2D eigenvalue weighted by Crippen LogP contribution is 2.24. The summed E-state index contributed by atoms with van der Waals surface area (Å²) in [5.74, 6) is -0.192. The zero-order chi connectivity index (χ0) is 19.4. The minimum atomic E-state index is -0.318. The van der Waals surface area contributed by atoms with Crippen molar-refractivity contribution in [2.45, 2.75) is 17.3 Å². The highest BCUT2D eigenvalue weighted by molar-refractivity contribution is 8.01. The van der Waals surface area contributed by atoms with E-state index >= 15 is 0 Å². The average Bonchev–Trinajstić information content (AvgIpc) is 3.02. The molecule has 0 aliphatic heterocycles. The Morgan fingerprint density at radius 1 is 1.30 bits per heavy atom. The molecule has 1 amide bonds. The van der Waals surface area contributed by atoms with Gasteiger partial charge in [0.2, 0.25) is 5.91 Å². The normalized spacial score (nSPS) is 12.0. The Morgan fingerprint density at radius 2 is 1.96 bits per heavy atom. The summed E-state index contributed by atoms with van der Waals surface area (Å²) in [7, 11) is 0. The molecule has 0 saturated heterocycles. The van der Waals surface area contributed by atoms with E-state index in [4.69, 9.17) is 23.8 Å². The zero-order valence-electron chi connectivity index (χ0n) is 14.2. The molecule has 9 heteroatoms. The van der Waals surface area contributed by atoms with E-state index in [9.17, 15) is 9.18 Å². The fraction of sp³-hybridized carbons (Fsp3) is 0.167. The zero-order valence-corrected chi connectivity index (χ0v) is 17.4. The molecule has 1 atom stereocenters. The Hall–Kier alpha value is -1.74. The van der Waals surface area contributed by atoms with Crippen LogP contribution >= 0.6 is 46.9 Å². The molecule has 1 aromatic heterocycles. The number of thioether (sulfide) groups is 1. The Kier molecular flexibility index (Phi) is 6.64. The van der Waals surface area contributed by atoms with Crippen LogP contribution in [-0.4, -0.2) is 21.4 Å². The number of benzene rings is 2. The first-order chi connectivity index (χ1) is 12.9. The summed E-state index contributed by atoms with van der Waals surface area (Å²) in [6, 6.07) is 13.2. The lowest BCUT2D eigenvalue weighted by Crippen LogP contribution is -2.28. The molecule has 0 aliphatic carbocycles. The van der Waals surface area contributed by atoms with E-state index in [1.807, 2.05) is 19.1 Å². The molecule has 3 aromatic rings. The second kappa shape index (κ2) is 8.97. The first-order valence-electron chi connectivity index (χ1n) is 7.96. The van der Waals surface area contributed by atoms with Gasteiger partial charge < -0.3 is 5.32 Å². The Balaban J connectivity index is 1.59. The lowest BCUT2D eigenvalue weighted by atomic mass is 10.1. The number of carbonyl (C=O) groups excluding carboxylic acids is 1. The smallest absolute Gasteiger partial charge is 0.230 e. The first kappa shape index (κ1) is 20.0. The lowest BCUT2D eigenvalue weighted by molar-refractivity contribution is -0.119. The molecule has 0 fully saturated rings. The van der Waals surface area contributed by atoms with Gasteiger partial charge in [0.15, 0.2) is 8.29 Å². The molecule has 1 heterocycles. The van der Waals surface area contributed by atoms with Crippen LogP contribution in [-0.2, 0) is 4.79 Å². The quantitative estimate of drug-likeness (QED) is 0.411. The van der Waals surface area contributed by atoms with Gasteiger partial charge in [0.25, 0.3) is 0 Å². The molecule has 0 bridgehead atoms. The number of hydrogen-bond acceptors (Lipinski definition) is 5. The largest absolute Gasteiger partial charge is 0.349 e. The molecule has 3 rings (SSSR count). The van der Waals surface area contributed by atoms with E-state index < -0.39 is 0 Å². The van der Waals surface area contributed by atoms with Crippen LogP contribution in [0.1, 0.15) is 18.5 Å². The highest BCUT2D eigenvalue weighted by atomic mass is 35.5. The molecule has 0 saturated carbocycles. The fourth-order valence-electron chi connectivity index (χ4n) is 2.31. The third-order valence-corrected chi connectivity index (χ3v) is 6.29. The summed E-state index contributed by atoms with van der Waals surface area (Å²) in [5, 5.41) is 8.01. The summed E-state index contributed by atoms with van der Waals surface area (Å²) < 4.78 is 15.8. The third kappa shape index (κ3) is 5.38. The van der Waals surface area contributed by atoms with E-state index in [-0.39, 0.29) is 23.5 Å². The van der Waals surface area contributed by atoms with E-state index in [2.05, 4.69) is 10.4 Å². The summed E-state index contributed by atoms with van der Waals surface area (Å²) in [4.78, 5) is 12.2. The summed E-state index contributed by atoms with van der Waals surface area (Å²) in [6.45, 7) is 1.92. The summed E-state index contributed by atoms with van der Waals surface area (Å²) in [5.41, 5.74) is 1.67. The maximum absolute atomic E-state index is 13.1. The average molecular weight is 440 g/mol. The van der Waals surface area contributed by atoms with Crippen LogP contribution in [0.15, 0.2) is 52.9 Å². The van der Waals surface area contributed by atoms with Crippen LogP contribution in [0.25, 0.3) is 5.69 Å². The van der Waals surface area contributed by atoms with Crippen molar-refractivity contribution in [3.8, 4) is 5.69 Å². The molecule has 1 N–H and O–H groups in total. The highest BCUT2D eigenvalue weighted by Gasteiger charge is 2.12. The van der Waals surface area contributed by atoms with E-state index in [0.29, 0.717) is 19.0 Å². The van der Waals surface area contributed by atoms with Gasteiger partial charge >= 0.3 is 0 Å². The standard InChI is InChI=1S/C18H15ClFN3OS3/c1-11(12-2-4-13(19)5-3-12)21-16(24)10-26-17-22-23(18(25)27-17)15-8-6-14(20)7-9-15/h2-9,11H,10H2,1H3,(H,21,24)/t11-/m0/s1. The number of amides is 1. The molecule has 0 spiro atoms. The number of rotatable bonds is 6. The van der Waals surface area contributed by atoms with Gasteiger partial charge in [-0.05, 0) is 61.1 Å². The molecular weight excluding hydrogens is 425 g/mol. The Morgan fingerprint density at radius 3 is 2.63 bits per heavy atom. The minimum absolute atomic E-state index is 0.100. The van der Waals surface area contributed by atoms with Crippen molar-refractivity contribution in [1.29, 1.82) is 0 Å². The van der Waals surface area contributed by atoms with Gasteiger partial charge in [0, 0.05) is 5.02 Å². The second-order valence-electron chi connectivity index (χ2n) is 5.65. The van der Waals surface area contributed by atoms with Crippen molar-refractivity contribution < 1.29 is 9.18 Å². The number of aromatic nitrogens is 2. The molecule has 4 nitrogen and oxygen atoms in total. The van der Waals surface area contributed by atoms with Gasteiger partial charge in [-0.25, -0.2) is 9.07 Å². The van der Waals surface area contributed by atoms with Gasteiger partial charge in [-0.1, -0.05) is 46.8 Å². The molecule has 27 heavy (non-hydrogen) atoms. The van der Waals surface area contributed by atoms with Crippen molar-refractivity contribution >= 4 is 52.8 Å². The van der Waals surface area contributed by atoms with Crippen molar-refractivity contribution in [3.63, 3.8) is 0 Å². The van der Waals surface area contributed by atoms with Crippen LogP contribution < -0.4 is 5.32 Å². The van der Waals surface area contributed by atoms with Gasteiger partial charge in [-0.2, -0.15) is 0 Å². The number of halogens is 2. The Labute approximate surface area is 174 Å². The number of nitrogens with one attached hydrogen (secondary N) is 1. The monoisotopic (exact) mass is 439 g/mol. The number of carbonyl (C=O) groups is 1. The van der Waals surface area contributed by atoms with Crippen LogP contribution in [0, 0.1) is 9.77 Å². The fourth-order valence-corrected chi connectivity index (χ4v) is 4.61. The summed E-state index contributed by atoms with van der Waals surface area (Å²) >= 11 is 13.8. The van der Waals surface area contributed by atoms with Crippen LogP contribution in [0.2, 0.25) is 5.02 Å². The molecule has 0 unspecified atom stereocenters. The lowest BCUT2D eigenvalue weighted by Gasteiger charge is -2.14. The molecule has 140 valence electrons. The predicted molar refractivity (Wildman–Crippen MR) is 111 cm³/mol. The van der Waals surface area contributed by atoms with Gasteiger partial charge in [0.1, 0.15) is 5.82 Å². The molecule has 0 aliphatic rings. The van der Waals surface area contributed by atoms with E-state index in [1.54, 1.807) is 28.9 Å². The Bertz CT molecular complexity index is 986. The maximum atomic E-state index is 13.1. The van der Waals surface area contributed by atoms with E-state index in [0.717, 1.165) is 5.56 Å². The predicted octanol–water partition coefficient (Wildman–Crippen LogP) is 5.43. The van der Waals surface area contributed by atoms with Crippen molar-refractivity contribution in [2.75, 3.05) is 5.75 Å². The molecular formula is C18H15ClFN3OS3. The van der Waals surface area contributed by atoms with Crippen LogP contribution in [0.5, 0.6) is 0 Å². The molecule has 2 aromatic carbocycles. The minimum Gasteiger partial charge on any atom is -0.349 e. The second-order valence-corrected chi connectivity index (χ2v) is 8.93. The topological polar surface area (TPSA) is 46.9 Å². The van der Waals surface area contributed by atoms with Gasteiger partial charge in [-0.15, -0.1) is 5.10 Å². The number of hydrogen-bond donors (Lipinski definition) is 1. The van der Waals surface area contributed by atoms with Crippen molar-refractivity contribution in [1.82, 2.24) is 15.1 Å². The van der Waals surface area contributed by atoms with Crippen LogP contribution in [0.3, 0.4) is 0 Å². The molecule has 0 radical (unpaired) electrons. The van der Waals surface area contributed by atoms with Gasteiger partial charge in [0.05, 0.1) is 17.5 Å².